The summed E-state index contributed by atoms with van der Waals surface area (Å²) < 4.78 is 7.86. The van der Waals surface area contributed by atoms with Gasteiger partial charge >= 0.3 is 5.97 Å². The van der Waals surface area contributed by atoms with Crippen molar-refractivity contribution in [2.24, 2.45) is 7.05 Å². The topological polar surface area (TPSA) is 64.3 Å². The van der Waals surface area contributed by atoms with Crippen LogP contribution in [-0.2, 0) is 19.9 Å². The third-order valence-electron chi connectivity index (χ3n) is 4.30. The number of carbonyl (C=O) groups is 1. The maximum atomic E-state index is 11.7. The molecule has 0 saturated carbocycles. The molecule has 6 heteroatoms. The van der Waals surface area contributed by atoms with Crippen LogP contribution in [0.2, 0.25) is 0 Å². The average molecular weight is 340 g/mol. The van der Waals surface area contributed by atoms with Crippen LogP contribution >= 0.6 is 11.3 Å². The second kappa shape index (κ2) is 5.49. The molecule has 4 rings (SSSR count). The number of hydrogen-bond acceptors (Lipinski definition) is 4. The Morgan fingerprint density at radius 3 is 2.75 bits per heavy atom. The van der Waals surface area contributed by atoms with Gasteiger partial charge in [-0.1, -0.05) is 29.0 Å². The minimum Gasteiger partial charge on any atom is -0.477 e. The molecular formula is C18H16N2O3S. The maximum Gasteiger partial charge on any atom is 0.346 e. The highest BCUT2D eigenvalue weighted by atomic mass is 32.1. The van der Waals surface area contributed by atoms with Gasteiger partial charge < -0.3 is 9.84 Å². The van der Waals surface area contributed by atoms with Crippen LogP contribution in [0, 0.1) is 6.92 Å². The zero-order chi connectivity index (χ0) is 16.8. The standard InChI is InChI=1S/C18H16N2O3S/c1-10-3-6-12(7-4-10)23-18-14-13(16(24-18)17(21)22)8-5-11-9-19-20(2)15(11)14/h3-4,6-7,9H,5,8H2,1-2H3,(H,21,22). The van der Waals surface area contributed by atoms with Gasteiger partial charge in [0.15, 0.2) is 5.06 Å². The first-order chi connectivity index (χ1) is 11.5. The first kappa shape index (κ1) is 15.0. The summed E-state index contributed by atoms with van der Waals surface area (Å²) in [5.41, 5.74) is 4.97. The molecule has 0 aliphatic heterocycles. The highest BCUT2D eigenvalue weighted by molar-refractivity contribution is 7.16. The van der Waals surface area contributed by atoms with E-state index in [1.165, 1.54) is 11.3 Å². The molecule has 0 fully saturated rings. The summed E-state index contributed by atoms with van der Waals surface area (Å²) in [6.07, 6.45) is 3.35. The van der Waals surface area contributed by atoms with E-state index in [0.29, 0.717) is 22.1 Å². The van der Waals surface area contributed by atoms with Crippen LogP contribution in [-0.4, -0.2) is 20.9 Å². The van der Waals surface area contributed by atoms with Crippen LogP contribution in [0.15, 0.2) is 30.5 Å². The summed E-state index contributed by atoms with van der Waals surface area (Å²) in [6, 6.07) is 7.75. The fourth-order valence-electron chi connectivity index (χ4n) is 3.13. The summed E-state index contributed by atoms with van der Waals surface area (Å²) in [6.45, 7) is 2.02. The van der Waals surface area contributed by atoms with E-state index in [9.17, 15) is 9.90 Å². The molecule has 0 unspecified atom stereocenters. The van der Waals surface area contributed by atoms with Crippen molar-refractivity contribution in [2.75, 3.05) is 0 Å². The second-order valence-electron chi connectivity index (χ2n) is 5.93. The third kappa shape index (κ3) is 2.30. The summed E-state index contributed by atoms with van der Waals surface area (Å²) in [5, 5.41) is 14.5. The number of benzene rings is 1. The second-order valence-corrected chi connectivity index (χ2v) is 6.92. The molecule has 0 atom stereocenters. The van der Waals surface area contributed by atoms with E-state index >= 15 is 0 Å². The first-order valence-electron chi connectivity index (χ1n) is 7.69. The van der Waals surface area contributed by atoms with Gasteiger partial charge in [-0.05, 0) is 43.0 Å². The molecule has 2 heterocycles. The van der Waals surface area contributed by atoms with Crippen molar-refractivity contribution in [1.29, 1.82) is 0 Å². The summed E-state index contributed by atoms with van der Waals surface area (Å²) in [7, 11) is 1.88. The van der Waals surface area contributed by atoms with Gasteiger partial charge in [-0.25, -0.2) is 4.79 Å². The highest BCUT2D eigenvalue weighted by Crippen LogP contribution is 2.48. The Morgan fingerprint density at radius 1 is 1.29 bits per heavy atom. The number of aromatic carboxylic acids is 1. The van der Waals surface area contributed by atoms with Crippen LogP contribution in [0.5, 0.6) is 10.8 Å². The SMILES string of the molecule is Cc1ccc(Oc2sc(C(=O)O)c3c2-c2c(cnn2C)CC3)cc1. The molecule has 1 N–H and O–H groups in total. The van der Waals surface area contributed by atoms with E-state index in [1.807, 2.05) is 44.4 Å². The van der Waals surface area contributed by atoms with E-state index in [2.05, 4.69) is 5.10 Å². The third-order valence-corrected chi connectivity index (χ3v) is 5.39. The van der Waals surface area contributed by atoms with Crippen LogP contribution in [0.3, 0.4) is 0 Å². The largest absolute Gasteiger partial charge is 0.477 e. The van der Waals surface area contributed by atoms with E-state index in [1.54, 1.807) is 4.68 Å². The molecule has 1 aliphatic rings. The van der Waals surface area contributed by atoms with Crippen molar-refractivity contribution in [2.45, 2.75) is 19.8 Å². The van der Waals surface area contributed by atoms with Gasteiger partial charge in [0, 0.05) is 7.05 Å². The van der Waals surface area contributed by atoms with Gasteiger partial charge in [0.25, 0.3) is 0 Å². The number of nitrogens with zero attached hydrogens (tertiary/aromatic N) is 2. The number of thiophene rings is 1. The first-order valence-corrected chi connectivity index (χ1v) is 8.51. The lowest BCUT2D eigenvalue weighted by Crippen LogP contribution is -2.08. The molecule has 24 heavy (non-hydrogen) atoms. The molecule has 0 radical (unpaired) electrons. The van der Waals surface area contributed by atoms with E-state index in [-0.39, 0.29) is 0 Å². The summed E-state index contributed by atoms with van der Waals surface area (Å²) >= 11 is 1.20. The summed E-state index contributed by atoms with van der Waals surface area (Å²) in [4.78, 5) is 12.0. The number of aryl methyl sites for hydroxylation is 3. The Bertz CT molecular complexity index is 938. The Hall–Kier alpha value is -2.60. The van der Waals surface area contributed by atoms with Crippen LogP contribution < -0.4 is 4.74 Å². The minimum absolute atomic E-state index is 0.360. The Labute approximate surface area is 143 Å². The van der Waals surface area contributed by atoms with Gasteiger partial charge in [-0.3, -0.25) is 4.68 Å². The number of ether oxygens (including phenoxy) is 1. The van der Waals surface area contributed by atoms with E-state index < -0.39 is 5.97 Å². The van der Waals surface area contributed by atoms with Crippen molar-refractivity contribution in [1.82, 2.24) is 9.78 Å². The Morgan fingerprint density at radius 2 is 2.04 bits per heavy atom. The zero-order valence-electron chi connectivity index (χ0n) is 13.4. The molecule has 122 valence electrons. The van der Waals surface area contributed by atoms with Crippen LogP contribution in [0.25, 0.3) is 11.3 Å². The zero-order valence-corrected chi connectivity index (χ0v) is 14.2. The Kier molecular flexibility index (Phi) is 3.42. The molecule has 0 saturated heterocycles. The number of fused-ring (bicyclic) bond motifs is 3. The number of hydrogen-bond donors (Lipinski definition) is 1. The average Bonchev–Trinajstić information content (AvgIpc) is 3.11. The highest BCUT2D eigenvalue weighted by Gasteiger charge is 2.31. The van der Waals surface area contributed by atoms with E-state index in [0.717, 1.165) is 34.4 Å². The normalized spacial score (nSPS) is 12.6. The molecule has 0 spiro atoms. The van der Waals surface area contributed by atoms with Crippen LogP contribution in [0.1, 0.15) is 26.4 Å². The predicted molar refractivity (Wildman–Crippen MR) is 92.1 cm³/mol. The van der Waals surface area contributed by atoms with Crippen molar-refractivity contribution in [3.63, 3.8) is 0 Å². The minimum atomic E-state index is -0.902. The lowest BCUT2D eigenvalue weighted by molar-refractivity contribution is 0.0701. The van der Waals surface area contributed by atoms with Gasteiger partial charge in [-0.2, -0.15) is 5.10 Å². The lowest BCUT2D eigenvalue weighted by Gasteiger charge is -2.16. The molecule has 3 aromatic rings. The van der Waals surface area contributed by atoms with Crippen LogP contribution in [0.4, 0.5) is 0 Å². The van der Waals surface area contributed by atoms with Gasteiger partial charge in [-0.15, -0.1) is 0 Å². The monoisotopic (exact) mass is 340 g/mol. The van der Waals surface area contributed by atoms with Gasteiger partial charge in [0.2, 0.25) is 0 Å². The van der Waals surface area contributed by atoms with Crippen molar-refractivity contribution < 1.29 is 14.6 Å². The summed E-state index contributed by atoms with van der Waals surface area (Å²) in [5.74, 6) is -0.198. The molecule has 2 aromatic heterocycles. The smallest absolute Gasteiger partial charge is 0.346 e. The molecule has 5 nitrogen and oxygen atoms in total. The number of carboxylic acid groups (broad SMARTS) is 1. The molecule has 0 amide bonds. The number of rotatable bonds is 3. The van der Waals surface area contributed by atoms with Gasteiger partial charge in [0.1, 0.15) is 10.6 Å². The predicted octanol–water partition coefficient (Wildman–Crippen LogP) is 4.05. The van der Waals surface area contributed by atoms with Gasteiger partial charge in [0.05, 0.1) is 17.5 Å². The number of aromatic nitrogens is 2. The lowest BCUT2D eigenvalue weighted by atomic mass is 9.92. The van der Waals surface area contributed by atoms with Crippen molar-refractivity contribution >= 4 is 17.3 Å². The number of carboxylic acids is 1. The van der Waals surface area contributed by atoms with E-state index in [4.69, 9.17) is 4.74 Å². The molecule has 0 bridgehead atoms. The van der Waals surface area contributed by atoms with Crippen molar-refractivity contribution in [3.8, 4) is 22.1 Å². The molecule has 1 aliphatic carbocycles. The fraction of sp³-hybridized carbons (Fsp3) is 0.222. The fourth-order valence-corrected chi connectivity index (χ4v) is 4.19. The molecular weight excluding hydrogens is 324 g/mol. The quantitative estimate of drug-likeness (QED) is 0.781. The maximum absolute atomic E-state index is 11.7. The van der Waals surface area contributed by atoms with Crippen molar-refractivity contribution in [3.05, 3.63) is 52.0 Å². The Balaban J connectivity index is 1.87. The molecule has 1 aromatic carbocycles.